The van der Waals surface area contributed by atoms with Crippen LogP contribution in [0.2, 0.25) is 0 Å². The van der Waals surface area contributed by atoms with Gasteiger partial charge in [-0.1, -0.05) is 6.08 Å². The highest BCUT2D eigenvalue weighted by Crippen LogP contribution is 2.30. The lowest BCUT2D eigenvalue weighted by atomic mass is 9.87. The van der Waals surface area contributed by atoms with Crippen LogP contribution in [-0.2, 0) is 14.3 Å². The van der Waals surface area contributed by atoms with Gasteiger partial charge in [0, 0.05) is 0 Å². The van der Waals surface area contributed by atoms with Crippen LogP contribution in [-0.4, -0.2) is 18.9 Å². The molecule has 0 unspecified atom stereocenters. The van der Waals surface area contributed by atoms with Crippen molar-refractivity contribution in [3.05, 3.63) is 12.2 Å². The third-order valence-corrected chi connectivity index (χ3v) is 1.98. The number of carbonyl (C=O) groups is 2. The second-order valence-corrected chi connectivity index (χ2v) is 2.79. The molecule has 3 nitrogen and oxygen atoms in total. The molecular formula is C8H10O3. The Hall–Kier alpha value is -1.12. The molecule has 1 rings (SSSR count). The average molecular weight is 154 g/mol. The van der Waals surface area contributed by atoms with Gasteiger partial charge < -0.3 is 4.74 Å². The van der Waals surface area contributed by atoms with Gasteiger partial charge in [0.15, 0.2) is 5.78 Å². The van der Waals surface area contributed by atoms with Crippen LogP contribution >= 0.6 is 0 Å². The number of carbonyl (C=O) groups excluding carboxylic acids is 2. The van der Waals surface area contributed by atoms with Gasteiger partial charge in [-0.3, -0.25) is 9.59 Å². The Balaban J connectivity index is 2.84. The summed E-state index contributed by atoms with van der Waals surface area (Å²) in [5.41, 5.74) is -0.950. The largest absolute Gasteiger partial charge is 0.468 e. The molecule has 60 valence electrons. The first-order valence-electron chi connectivity index (χ1n) is 3.40. The summed E-state index contributed by atoms with van der Waals surface area (Å²) in [6.45, 7) is 1.60. The first kappa shape index (κ1) is 7.98. The lowest BCUT2D eigenvalue weighted by Gasteiger charge is -2.17. The fourth-order valence-corrected chi connectivity index (χ4v) is 1.10. The Kier molecular flexibility index (Phi) is 1.81. The zero-order chi connectivity index (χ0) is 8.48. The second-order valence-electron chi connectivity index (χ2n) is 2.79. The van der Waals surface area contributed by atoms with Crippen molar-refractivity contribution >= 4 is 11.8 Å². The highest BCUT2D eigenvalue weighted by molar-refractivity contribution is 6.10. The van der Waals surface area contributed by atoms with E-state index in [9.17, 15) is 9.59 Å². The Labute approximate surface area is 65.0 Å². The smallest absolute Gasteiger partial charge is 0.319 e. The number of ether oxygens (including phenoxy) is 1. The molecule has 11 heavy (non-hydrogen) atoms. The molecule has 0 aromatic rings. The van der Waals surface area contributed by atoms with Gasteiger partial charge in [-0.05, 0) is 19.4 Å². The summed E-state index contributed by atoms with van der Waals surface area (Å²) in [6, 6.07) is 0. The van der Waals surface area contributed by atoms with Gasteiger partial charge in [0.2, 0.25) is 0 Å². The minimum atomic E-state index is -0.950. The Morgan fingerprint density at radius 2 is 2.36 bits per heavy atom. The van der Waals surface area contributed by atoms with E-state index in [2.05, 4.69) is 4.74 Å². The Morgan fingerprint density at radius 3 is 2.73 bits per heavy atom. The van der Waals surface area contributed by atoms with Crippen molar-refractivity contribution in [2.75, 3.05) is 7.11 Å². The van der Waals surface area contributed by atoms with Gasteiger partial charge in [-0.2, -0.15) is 0 Å². The zero-order valence-corrected chi connectivity index (χ0v) is 6.59. The number of allylic oxidation sites excluding steroid dienone is 2. The van der Waals surface area contributed by atoms with Gasteiger partial charge in [0.1, 0.15) is 5.41 Å². The summed E-state index contributed by atoms with van der Waals surface area (Å²) in [6.07, 6.45) is 3.58. The zero-order valence-electron chi connectivity index (χ0n) is 6.59. The maximum Gasteiger partial charge on any atom is 0.319 e. The predicted molar refractivity (Wildman–Crippen MR) is 38.9 cm³/mol. The standard InChI is InChI=1S/C8H10O3/c1-8(7(10)11-2)5-3-4-6(8)9/h3-4H,5H2,1-2H3/t8-/m0/s1. The Bertz CT molecular complexity index is 229. The molecule has 0 aromatic carbocycles. The molecular weight excluding hydrogens is 144 g/mol. The van der Waals surface area contributed by atoms with Crippen LogP contribution < -0.4 is 0 Å². The van der Waals surface area contributed by atoms with Gasteiger partial charge in [0.05, 0.1) is 7.11 Å². The van der Waals surface area contributed by atoms with E-state index in [1.54, 1.807) is 13.0 Å². The molecule has 0 bridgehead atoms. The third-order valence-electron chi connectivity index (χ3n) is 1.98. The highest BCUT2D eigenvalue weighted by atomic mass is 16.5. The molecule has 0 N–H and O–H groups in total. The predicted octanol–water partition coefficient (Wildman–Crippen LogP) is 0.695. The van der Waals surface area contributed by atoms with Crippen LogP contribution in [0.1, 0.15) is 13.3 Å². The van der Waals surface area contributed by atoms with Gasteiger partial charge in [-0.15, -0.1) is 0 Å². The molecule has 0 aromatic heterocycles. The molecule has 1 aliphatic rings. The van der Waals surface area contributed by atoms with E-state index < -0.39 is 11.4 Å². The number of hydrogen-bond acceptors (Lipinski definition) is 3. The van der Waals surface area contributed by atoms with E-state index in [-0.39, 0.29) is 5.78 Å². The fraction of sp³-hybridized carbons (Fsp3) is 0.500. The van der Waals surface area contributed by atoms with E-state index in [1.165, 1.54) is 13.2 Å². The molecule has 0 saturated carbocycles. The summed E-state index contributed by atoms with van der Waals surface area (Å²) in [5, 5.41) is 0. The van der Waals surface area contributed by atoms with Crippen LogP contribution in [0.3, 0.4) is 0 Å². The molecule has 0 saturated heterocycles. The fourth-order valence-electron chi connectivity index (χ4n) is 1.10. The molecule has 1 atom stereocenters. The van der Waals surface area contributed by atoms with Crippen LogP contribution in [0.15, 0.2) is 12.2 Å². The van der Waals surface area contributed by atoms with E-state index in [0.29, 0.717) is 6.42 Å². The SMILES string of the molecule is COC(=O)[C@@]1(C)CC=CC1=O. The topological polar surface area (TPSA) is 43.4 Å². The number of methoxy groups -OCH3 is 1. The summed E-state index contributed by atoms with van der Waals surface area (Å²) < 4.78 is 4.51. The van der Waals surface area contributed by atoms with Crippen molar-refractivity contribution < 1.29 is 14.3 Å². The molecule has 0 fully saturated rings. The number of rotatable bonds is 1. The van der Waals surface area contributed by atoms with Crippen LogP contribution in [0.5, 0.6) is 0 Å². The first-order chi connectivity index (χ1) is 5.11. The summed E-state index contributed by atoms with van der Waals surface area (Å²) in [5.74, 6) is -0.614. The van der Waals surface area contributed by atoms with Crippen molar-refractivity contribution in [2.45, 2.75) is 13.3 Å². The van der Waals surface area contributed by atoms with Crippen molar-refractivity contribution in [3.63, 3.8) is 0 Å². The van der Waals surface area contributed by atoms with E-state index in [1.807, 2.05) is 0 Å². The average Bonchev–Trinajstić information content (AvgIpc) is 2.32. The van der Waals surface area contributed by atoms with E-state index in [0.717, 1.165) is 0 Å². The van der Waals surface area contributed by atoms with Crippen molar-refractivity contribution in [2.24, 2.45) is 5.41 Å². The maximum absolute atomic E-state index is 11.1. The number of hydrogen-bond donors (Lipinski definition) is 0. The van der Waals surface area contributed by atoms with Gasteiger partial charge in [0.25, 0.3) is 0 Å². The maximum atomic E-state index is 11.1. The lowest BCUT2D eigenvalue weighted by Crippen LogP contribution is -2.33. The van der Waals surface area contributed by atoms with Gasteiger partial charge in [-0.25, -0.2) is 0 Å². The van der Waals surface area contributed by atoms with Crippen LogP contribution in [0, 0.1) is 5.41 Å². The van der Waals surface area contributed by atoms with E-state index in [4.69, 9.17) is 0 Å². The molecule has 1 aliphatic carbocycles. The molecule has 0 spiro atoms. The number of esters is 1. The minimum absolute atomic E-state index is 0.163. The molecule has 0 amide bonds. The normalized spacial score (nSPS) is 29.1. The molecule has 0 aliphatic heterocycles. The lowest BCUT2D eigenvalue weighted by molar-refractivity contribution is -0.154. The third kappa shape index (κ3) is 1.06. The summed E-state index contributed by atoms with van der Waals surface area (Å²) in [4.78, 5) is 22.2. The van der Waals surface area contributed by atoms with Crippen molar-refractivity contribution in [3.8, 4) is 0 Å². The van der Waals surface area contributed by atoms with Crippen LogP contribution in [0.4, 0.5) is 0 Å². The molecule has 0 heterocycles. The monoisotopic (exact) mass is 154 g/mol. The second kappa shape index (κ2) is 2.49. The van der Waals surface area contributed by atoms with Crippen LogP contribution in [0.25, 0.3) is 0 Å². The minimum Gasteiger partial charge on any atom is -0.468 e. The summed E-state index contributed by atoms with van der Waals surface area (Å²) >= 11 is 0. The quantitative estimate of drug-likeness (QED) is 0.412. The van der Waals surface area contributed by atoms with Gasteiger partial charge >= 0.3 is 5.97 Å². The highest BCUT2D eigenvalue weighted by Gasteiger charge is 2.42. The Morgan fingerprint density at radius 1 is 1.73 bits per heavy atom. The van der Waals surface area contributed by atoms with E-state index >= 15 is 0 Å². The molecule has 0 radical (unpaired) electrons. The van der Waals surface area contributed by atoms with Crippen molar-refractivity contribution in [1.82, 2.24) is 0 Å². The molecule has 3 heteroatoms. The number of ketones is 1. The summed E-state index contributed by atoms with van der Waals surface area (Å²) in [7, 11) is 1.29. The first-order valence-corrected chi connectivity index (χ1v) is 3.40. The van der Waals surface area contributed by atoms with Crippen molar-refractivity contribution in [1.29, 1.82) is 0 Å².